The van der Waals surface area contributed by atoms with Crippen LogP contribution in [0.15, 0.2) is 36.8 Å². The van der Waals surface area contributed by atoms with E-state index in [1.165, 1.54) is 12.8 Å². The fourth-order valence-corrected chi connectivity index (χ4v) is 3.28. The van der Waals surface area contributed by atoms with Crippen molar-refractivity contribution in [1.29, 1.82) is 0 Å². The second kappa shape index (κ2) is 7.61. The lowest BCUT2D eigenvalue weighted by Crippen LogP contribution is -2.33. The van der Waals surface area contributed by atoms with Gasteiger partial charge in [-0.05, 0) is 50.0 Å². The third-order valence-corrected chi connectivity index (χ3v) is 4.73. The number of aromatic nitrogens is 4. The van der Waals surface area contributed by atoms with E-state index in [2.05, 4.69) is 30.9 Å². The maximum atomic E-state index is 4.82. The van der Waals surface area contributed by atoms with Gasteiger partial charge >= 0.3 is 0 Å². The Morgan fingerprint density at radius 2 is 2.12 bits per heavy atom. The first-order valence-corrected chi connectivity index (χ1v) is 9.04. The molecule has 3 aromatic heterocycles. The molecule has 0 saturated carbocycles. The summed E-state index contributed by atoms with van der Waals surface area (Å²) in [4.78, 5) is 18.2. The summed E-state index contributed by atoms with van der Waals surface area (Å²) in [5.74, 6) is 2.23. The molecule has 134 valence electrons. The number of hydrogen-bond donors (Lipinski definition) is 3. The molecule has 4 heterocycles. The van der Waals surface area contributed by atoms with Crippen LogP contribution >= 0.6 is 0 Å². The van der Waals surface area contributed by atoms with Gasteiger partial charge in [0.15, 0.2) is 5.82 Å². The predicted octanol–water partition coefficient (Wildman–Crippen LogP) is 2.54. The lowest BCUT2D eigenvalue weighted by atomic mass is 10.00. The van der Waals surface area contributed by atoms with E-state index in [0.717, 1.165) is 53.6 Å². The summed E-state index contributed by atoms with van der Waals surface area (Å²) in [6.45, 7) is 3.05. The fraction of sp³-hybridized carbons (Fsp3) is 0.368. The normalized spacial score (nSPS) is 17.2. The first-order chi connectivity index (χ1) is 12.8. The van der Waals surface area contributed by atoms with Crippen LogP contribution in [0.25, 0.3) is 22.3 Å². The molecular weight excluding hydrogens is 326 g/mol. The van der Waals surface area contributed by atoms with Crippen molar-refractivity contribution < 1.29 is 0 Å². The van der Waals surface area contributed by atoms with Gasteiger partial charge in [0, 0.05) is 37.7 Å². The van der Waals surface area contributed by atoms with Crippen LogP contribution in [0.1, 0.15) is 12.8 Å². The number of nitrogens with zero attached hydrogens (tertiary/aromatic N) is 4. The van der Waals surface area contributed by atoms with Crippen LogP contribution in [-0.2, 0) is 0 Å². The molecule has 1 aliphatic rings. The Kier molecular flexibility index (Phi) is 4.88. The topological polar surface area (TPSA) is 87.7 Å². The van der Waals surface area contributed by atoms with Crippen molar-refractivity contribution in [3.63, 3.8) is 0 Å². The van der Waals surface area contributed by atoms with Crippen molar-refractivity contribution in [3.8, 4) is 11.3 Å². The zero-order valence-electron chi connectivity index (χ0n) is 14.9. The Hall–Kier alpha value is -2.80. The molecule has 0 aliphatic carbocycles. The molecule has 26 heavy (non-hydrogen) atoms. The standard InChI is InChI=1S/C19H23N7/c1-20-17-5-4-14(12-24-17)15-9-16-18(23-8-7-22-16)19(26-15)25-11-13-3-2-6-21-10-13/h4-5,7-9,12-13,21H,2-3,6,10-11H2,1H3,(H,20,24)(H,25,26). The summed E-state index contributed by atoms with van der Waals surface area (Å²) in [5, 5.41) is 9.99. The zero-order valence-corrected chi connectivity index (χ0v) is 14.9. The molecule has 7 heteroatoms. The van der Waals surface area contributed by atoms with Gasteiger partial charge in [-0.25, -0.2) is 15.0 Å². The summed E-state index contributed by atoms with van der Waals surface area (Å²) >= 11 is 0. The molecule has 7 nitrogen and oxygen atoms in total. The van der Waals surface area contributed by atoms with Crippen molar-refractivity contribution in [2.45, 2.75) is 12.8 Å². The highest BCUT2D eigenvalue weighted by Crippen LogP contribution is 2.26. The smallest absolute Gasteiger partial charge is 0.154 e. The molecule has 0 aromatic carbocycles. The highest BCUT2D eigenvalue weighted by molar-refractivity contribution is 5.88. The highest BCUT2D eigenvalue weighted by atomic mass is 15.0. The molecule has 3 aromatic rings. The molecule has 4 rings (SSSR count). The maximum Gasteiger partial charge on any atom is 0.154 e. The van der Waals surface area contributed by atoms with E-state index in [0.29, 0.717) is 5.92 Å². The van der Waals surface area contributed by atoms with Gasteiger partial charge in [0.1, 0.15) is 11.3 Å². The van der Waals surface area contributed by atoms with E-state index in [1.807, 2.05) is 31.4 Å². The zero-order chi connectivity index (χ0) is 17.8. The summed E-state index contributed by atoms with van der Waals surface area (Å²) in [6.07, 6.45) is 7.71. The van der Waals surface area contributed by atoms with Crippen LogP contribution < -0.4 is 16.0 Å². The summed E-state index contributed by atoms with van der Waals surface area (Å²) in [5.41, 5.74) is 3.44. The van der Waals surface area contributed by atoms with Crippen molar-refractivity contribution in [2.24, 2.45) is 5.92 Å². The number of hydrogen-bond acceptors (Lipinski definition) is 7. The minimum Gasteiger partial charge on any atom is -0.373 e. The minimum atomic E-state index is 0.609. The van der Waals surface area contributed by atoms with Crippen LogP contribution in [0, 0.1) is 5.92 Å². The van der Waals surface area contributed by atoms with E-state index >= 15 is 0 Å². The maximum absolute atomic E-state index is 4.82. The van der Waals surface area contributed by atoms with E-state index in [9.17, 15) is 0 Å². The first kappa shape index (κ1) is 16.7. The molecule has 1 saturated heterocycles. The molecule has 1 fully saturated rings. The Morgan fingerprint density at radius 3 is 2.88 bits per heavy atom. The molecular formula is C19H23N7. The molecule has 0 spiro atoms. The summed E-state index contributed by atoms with van der Waals surface area (Å²) in [7, 11) is 1.86. The average molecular weight is 349 g/mol. The van der Waals surface area contributed by atoms with Gasteiger partial charge in [0.2, 0.25) is 0 Å². The molecule has 3 N–H and O–H groups in total. The summed E-state index contributed by atoms with van der Waals surface area (Å²) < 4.78 is 0. The van der Waals surface area contributed by atoms with E-state index < -0.39 is 0 Å². The molecule has 1 atom stereocenters. The van der Waals surface area contributed by atoms with Crippen molar-refractivity contribution >= 4 is 22.7 Å². The highest BCUT2D eigenvalue weighted by Gasteiger charge is 2.15. The minimum absolute atomic E-state index is 0.609. The lowest BCUT2D eigenvalue weighted by Gasteiger charge is -2.23. The number of rotatable bonds is 5. The number of piperidine rings is 1. The quantitative estimate of drug-likeness (QED) is 0.652. The largest absolute Gasteiger partial charge is 0.373 e. The fourth-order valence-electron chi connectivity index (χ4n) is 3.28. The van der Waals surface area contributed by atoms with Crippen molar-refractivity contribution in [2.75, 3.05) is 37.3 Å². The van der Waals surface area contributed by atoms with Crippen LogP contribution in [0.2, 0.25) is 0 Å². The Morgan fingerprint density at radius 1 is 1.19 bits per heavy atom. The Bertz CT molecular complexity index is 873. The van der Waals surface area contributed by atoms with Crippen molar-refractivity contribution in [3.05, 3.63) is 36.8 Å². The van der Waals surface area contributed by atoms with Gasteiger partial charge in [-0.3, -0.25) is 4.98 Å². The SMILES string of the molecule is CNc1ccc(-c2cc3nccnc3c(NCC3CCCNC3)n2)cn1. The number of pyridine rings is 2. The van der Waals surface area contributed by atoms with Gasteiger partial charge in [-0.2, -0.15) is 0 Å². The van der Waals surface area contributed by atoms with Gasteiger partial charge < -0.3 is 16.0 Å². The monoisotopic (exact) mass is 349 g/mol. The molecule has 0 amide bonds. The van der Waals surface area contributed by atoms with Gasteiger partial charge in [-0.1, -0.05) is 0 Å². The number of nitrogens with one attached hydrogen (secondary N) is 3. The Balaban J connectivity index is 1.65. The van der Waals surface area contributed by atoms with Gasteiger partial charge in [0.25, 0.3) is 0 Å². The summed E-state index contributed by atoms with van der Waals surface area (Å²) in [6, 6.07) is 5.92. The molecule has 0 bridgehead atoms. The first-order valence-electron chi connectivity index (χ1n) is 9.04. The number of anilines is 2. The molecule has 1 unspecified atom stereocenters. The van der Waals surface area contributed by atoms with Crippen LogP contribution in [0.3, 0.4) is 0 Å². The van der Waals surface area contributed by atoms with Crippen LogP contribution in [0.4, 0.5) is 11.6 Å². The third kappa shape index (κ3) is 3.57. The van der Waals surface area contributed by atoms with Gasteiger partial charge in [-0.15, -0.1) is 0 Å². The Labute approximate surface area is 152 Å². The molecule has 0 radical (unpaired) electrons. The van der Waals surface area contributed by atoms with Gasteiger partial charge in [0.05, 0.1) is 11.2 Å². The average Bonchev–Trinajstić information content (AvgIpc) is 2.72. The van der Waals surface area contributed by atoms with Crippen molar-refractivity contribution in [1.82, 2.24) is 25.3 Å². The van der Waals surface area contributed by atoms with Crippen LogP contribution in [-0.4, -0.2) is 46.6 Å². The molecule has 1 aliphatic heterocycles. The third-order valence-electron chi connectivity index (χ3n) is 4.73. The van der Waals surface area contributed by atoms with Crippen LogP contribution in [0.5, 0.6) is 0 Å². The lowest BCUT2D eigenvalue weighted by molar-refractivity contribution is 0.392. The second-order valence-electron chi connectivity index (χ2n) is 6.56. The second-order valence-corrected chi connectivity index (χ2v) is 6.56. The number of fused-ring (bicyclic) bond motifs is 1. The predicted molar refractivity (Wildman–Crippen MR) is 104 cm³/mol. The van der Waals surface area contributed by atoms with E-state index in [1.54, 1.807) is 12.4 Å². The van der Waals surface area contributed by atoms with E-state index in [4.69, 9.17) is 4.98 Å². The van der Waals surface area contributed by atoms with E-state index in [-0.39, 0.29) is 0 Å².